The molecule has 0 aliphatic carbocycles. The predicted molar refractivity (Wildman–Crippen MR) is 86.7 cm³/mol. The van der Waals surface area contributed by atoms with Gasteiger partial charge in [-0.15, -0.1) is 0 Å². The van der Waals surface area contributed by atoms with Crippen LogP contribution in [0.1, 0.15) is 66.2 Å². The van der Waals surface area contributed by atoms with Gasteiger partial charge >= 0.3 is 19.5 Å². The molecule has 0 fully saturated rings. The summed E-state index contributed by atoms with van der Waals surface area (Å²) in [6, 6.07) is 0. The van der Waals surface area contributed by atoms with E-state index in [0.29, 0.717) is 0 Å². The standard InChI is InChI=1S/2C6H13.H3O2PS2.Zn/c2*1-3-5-6-4-2;1-3(2,4)5;/h2*3H,4-6H2,1-2H3;(H3,1,2,4,5);/q2*-1;;+2. The Bertz CT molecular complexity index is 142. The Morgan fingerprint density at radius 1 is 1.00 bits per heavy atom. The van der Waals surface area contributed by atoms with Gasteiger partial charge in [0.2, 0.25) is 5.69 Å². The third kappa shape index (κ3) is 84.4. The summed E-state index contributed by atoms with van der Waals surface area (Å²) < 4.78 is 0. The number of hydrogen-bond acceptors (Lipinski definition) is 1. The minimum absolute atomic E-state index is 0. The molecule has 0 aliphatic rings. The number of rotatable bonds is 6. The van der Waals surface area contributed by atoms with E-state index < -0.39 is 5.69 Å². The average Bonchev–Trinajstić information content (AvgIpc) is 2.22. The molecule has 6 heteroatoms. The monoisotopic (exact) mass is 364 g/mol. The van der Waals surface area contributed by atoms with Gasteiger partial charge in [0.1, 0.15) is 0 Å². The molecule has 0 unspecified atom stereocenters. The first-order chi connectivity index (χ1) is 7.83. The molecule has 2 nitrogen and oxygen atoms in total. The summed E-state index contributed by atoms with van der Waals surface area (Å²) in [4.78, 5) is 15.7. The van der Waals surface area contributed by atoms with Crippen molar-refractivity contribution in [2.24, 2.45) is 0 Å². The van der Waals surface area contributed by atoms with Crippen molar-refractivity contribution in [2.45, 2.75) is 66.2 Å². The van der Waals surface area contributed by atoms with Crippen LogP contribution in [0.4, 0.5) is 0 Å². The number of unbranched alkanes of at least 4 members (excludes halogenated alkanes) is 6. The molecule has 0 radical (unpaired) electrons. The molecule has 0 bridgehead atoms. The summed E-state index contributed by atoms with van der Waals surface area (Å²) in [7, 11) is 0. The van der Waals surface area contributed by atoms with E-state index in [2.05, 4.69) is 64.6 Å². The van der Waals surface area contributed by atoms with Crippen LogP contribution in [0.2, 0.25) is 0 Å². The van der Waals surface area contributed by atoms with Crippen molar-refractivity contribution in [1.82, 2.24) is 0 Å². The minimum Gasteiger partial charge on any atom is -0.338 e. The Morgan fingerprint density at radius 3 is 1.28 bits per heavy atom. The zero-order chi connectivity index (χ0) is 14.2. The zero-order valence-electron chi connectivity index (χ0n) is 12.3. The Kier molecular flexibility index (Phi) is 36.5. The minimum atomic E-state index is -3.11. The van der Waals surface area contributed by atoms with Crippen molar-refractivity contribution in [3.05, 3.63) is 12.8 Å². The first kappa shape index (κ1) is 27.8. The Hall–Kier alpha value is 1.54. The van der Waals surface area contributed by atoms with E-state index in [-0.39, 0.29) is 19.5 Å². The third-order valence-corrected chi connectivity index (χ3v) is 1.69. The SMILES string of the molecule is C[CH-]CCCC.C[CH-]CCCC.OP(O)(=S)S.[Zn+2]. The summed E-state index contributed by atoms with van der Waals surface area (Å²) in [6.45, 7) is 8.64. The molecule has 0 amide bonds. The van der Waals surface area contributed by atoms with E-state index in [1.165, 1.54) is 38.5 Å². The van der Waals surface area contributed by atoms with Gasteiger partial charge in [-0.2, -0.15) is 26.7 Å². The van der Waals surface area contributed by atoms with E-state index in [1.807, 2.05) is 0 Å². The van der Waals surface area contributed by atoms with E-state index in [9.17, 15) is 0 Å². The van der Waals surface area contributed by atoms with Crippen molar-refractivity contribution >= 4 is 29.7 Å². The largest absolute Gasteiger partial charge is 2.00 e. The first-order valence-corrected chi connectivity index (χ1v) is 10.0. The van der Waals surface area contributed by atoms with Gasteiger partial charge in [0.25, 0.3) is 0 Å². The van der Waals surface area contributed by atoms with Crippen LogP contribution in [0.25, 0.3) is 0 Å². The van der Waals surface area contributed by atoms with Crippen molar-refractivity contribution in [3.63, 3.8) is 0 Å². The summed E-state index contributed by atoms with van der Waals surface area (Å²) in [5, 5.41) is 0. The van der Waals surface area contributed by atoms with Crippen LogP contribution in [0.15, 0.2) is 0 Å². The first-order valence-electron chi connectivity index (χ1n) is 6.17. The van der Waals surface area contributed by atoms with E-state index in [4.69, 9.17) is 9.79 Å². The normalized spacial score (nSPS) is 9.28. The molecular weight excluding hydrogens is 337 g/mol. The second-order valence-corrected chi connectivity index (χ2v) is 8.65. The Morgan fingerprint density at radius 2 is 1.22 bits per heavy atom. The van der Waals surface area contributed by atoms with E-state index in [1.54, 1.807) is 0 Å². The molecule has 2 N–H and O–H groups in total. The van der Waals surface area contributed by atoms with Crippen LogP contribution in [0.5, 0.6) is 0 Å². The van der Waals surface area contributed by atoms with Gasteiger partial charge in [-0.05, 0) is 11.8 Å². The predicted octanol–water partition coefficient (Wildman–Crippen LogP) is 4.92. The van der Waals surface area contributed by atoms with Gasteiger partial charge in [-0.25, -0.2) is 0 Å². The summed E-state index contributed by atoms with van der Waals surface area (Å²) in [5.74, 6) is 0. The van der Waals surface area contributed by atoms with Crippen LogP contribution < -0.4 is 0 Å². The molecule has 108 valence electrons. The molecule has 0 rings (SSSR count). The van der Waals surface area contributed by atoms with Crippen molar-refractivity contribution in [3.8, 4) is 0 Å². The summed E-state index contributed by atoms with van der Waals surface area (Å²) in [5.41, 5.74) is -3.11. The van der Waals surface area contributed by atoms with E-state index in [0.717, 1.165) is 0 Å². The van der Waals surface area contributed by atoms with Gasteiger partial charge in [0.15, 0.2) is 0 Å². The molecule has 0 atom stereocenters. The third-order valence-electron chi connectivity index (χ3n) is 1.69. The molecule has 18 heavy (non-hydrogen) atoms. The second-order valence-electron chi connectivity index (χ2n) is 3.61. The van der Waals surface area contributed by atoms with Crippen LogP contribution in [-0.4, -0.2) is 9.79 Å². The van der Waals surface area contributed by atoms with Crippen molar-refractivity contribution < 1.29 is 29.3 Å². The van der Waals surface area contributed by atoms with Gasteiger partial charge in [0, 0.05) is 0 Å². The van der Waals surface area contributed by atoms with Crippen molar-refractivity contribution in [1.29, 1.82) is 0 Å². The molecule has 0 aromatic heterocycles. The maximum atomic E-state index is 7.87. The number of hydrogen-bond donors (Lipinski definition) is 3. The fourth-order valence-electron chi connectivity index (χ4n) is 0.816. The molecule has 0 saturated carbocycles. The maximum Gasteiger partial charge on any atom is 2.00 e. The smallest absolute Gasteiger partial charge is 0.338 e. The molecule has 0 aliphatic heterocycles. The van der Waals surface area contributed by atoms with E-state index >= 15 is 0 Å². The van der Waals surface area contributed by atoms with Crippen LogP contribution >= 0.6 is 17.9 Å². The maximum absolute atomic E-state index is 7.87. The second kappa shape index (κ2) is 23.6. The van der Waals surface area contributed by atoms with Gasteiger partial charge in [-0.1, -0.05) is 51.8 Å². The van der Waals surface area contributed by atoms with Gasteiger partial charge in [-0.3, -0.25) is 0 Å². The van der Waals surface area contributed by atoms with Gasteiger partial charge < -0.3 is 22.6 Å². The molecule has 0 heterocycles. The van der Waals surface area contributed by atoms with Crippen LogP contribution in [0, 0.1) is 12.8 Å². The molecular formula is C12H29O2PS2Zn. The molecule has 0 aromatic carbocycles. The fourth-order valence-corrected chi connectivity index (χ4v) is 0.816. The average molecular weight is 366 g/mol. The molecule has 0 spiro atoms. The van der Waals surface area contributed by atoms with Crippen LogP contribution in [0.3, 0.4) is 0 Å². The quantitative estimate of drug-likeness (QED) is 0.205. The van der Waals surface area contributed by atoms with Gasteiger partial charge in [0.05, 0.1) is 0 Å². The summed E-state index contributed by atoms with van der Waals surface area (Å²) >= 11 is 7.07. The molecule has 0 saturated heterocycles. The Labute approximate surface area is 137 Å². The number of thiol groups is 1. The topological polar surface area (TPSA) is 40.5 Å². The molecule has 0 aromatic rings. The zero-order valence-corrected chi connectivity index (χ0v) is 17.9. The van der Waals surface area contributed by atoms with Crippen LogP contribution in [-0.2, 0) is 31.3 Å². The Balaban J connectivity index is -0.0000000799. The summed E-state index contributed by atoms with van der Waals surface area (Å²) in [6.07, 6.45) is 12.4. The fraction of sp³-hybridized carbons (Fsp3) is 0.833. The van der Waals surface area contributed by atoms with Crippen molar-refractivity contribution in [2.75, 3.05) is 0 Å².